The van der Waals surface area contributed by atoms with Crippen molar-refractivity contribution in [1.29, 1.82) is 0 Å². The fourth-order valence-electron chi connectivity index (χ4n) is 2.87. The highest BCUT2D eigenvalue weighted by Crippen LogP contribution is 2.23. The predicted molar refractivity (Wildman–Crippen MR) is 117 cm³/mol. The molecule has 2 rings (SSSR count). The van der Waals surface area contributed by atoms with Crippen LogP contribution in [0, 0.1) is 0 Å². The topological polar surface area (TPSA) is 65.5 Å². The lowest BCUT2D eigenvalue weighted by molar-refractivity contribution is 0.0963. The molecule has 0 unspecified atom stereocenters. The molecule has 0 atom stereocenters. The highest BCUT2D eigenvalue weighted by atomic mass is 35.5. The third kappa shape index (κ3) is 6.27. The van der Waals surface area contributed by atoms with E-state index >= 15 is 0 Å². The van der Waals surface area contributed by atoms with Crippen molar-refractivity contribution in [3.63, 3.8) is 0 Å². The van der Waals surface area contributed by atoms with E-state index in [0.29, 0.717) is 5.56 Å². The molecule has 0 bridgehead atoms. The maximum atomic E-state index is 11.7. The van der Waals surface area contributed by atoms with Crippen LogP contribution in [0.2, 0.25) is 5.02 Å². The van der Waals surface area contributed by atoms with E-state index in [2.05, 4.69) is 46.9 Å². The smallest absolute Gasteiger partial charge is 0.251 e. The minimum absolute atomic E-state index is 0.0654. The van der Waals surface area contributed by atoms with E-state index < -0.39 is 0 Å². The van der Waals surface area contributed by atoms with E-state index in [0.717, 1.165) is 36.1 Å². The summed E-state index contributed by atoms with van der Waals surface area (Å²) in [6.07, 6.45) is 0.798. The Morgan fingerprint density at radius 2 is 1.82 bits per heavy atom. The third-order valence-corrected chi connectivity index (χ3v) is 4.92. The molecule has 0 radical (unpaired) electrons. The molecule has 150 valence electrons. The van der Waals surface area contributed by atoms with Crippen LogP contribution in [0.3, 0.4) is 0 Å². The zero-order valence-corrected chi connectivity index (χ0v) is 17.7. The largest absolute Gasteiger partial charge is 0.356 e. The van der Waals surface area contributed by atoms with Gasteiger partial charge in [-0.05, 0) is 41.8 Å². The Hall–Kier alpha value is -2.53. The molecule has 0 heterocycles. The Bertz CT molecular complexity index is 816. The number of nitrogens with one attached hydrogen (secondary N) is 3. The summed E-state index contributed by atoms with van der Waals surface area (Å²) in [5, 5.41) is 10.1. The molecule has 0 fully saturated rings. The van der Waals surface area contributed by atoms with Crippen LogP contribution in [-0.4, -0.2) is 39.1 Å². The maximum Gasteiger partial charge on any atom is 0.251 e. The minimum Gasteiger partial charge on any atom is -0.356 e. The molecular formula is C22H29ClN4O. The van der Waals surface area contributed by atoms with Crippen molar-refractivity contribution in [2.45, 2.75) is 25.7 Å². The van der Waals surface area contributed by atoms with E-state index in [1.165, 1.54) is 5.56 Å². The van der Waals surface area contributed by atoms with Crippen LogP contribution in [0.1, 0.15) is 35.3 Å². The number of benzene rings is 2. The number of carbonyl (C=O) groups excluding carboxylic acids is 1. The molecule has 5 nitrogen and oxygen atoms in total. The Morgan fingerprint density at radius 3 is 2.46 bits per heavy atom. The van der Waals surface area contributed by atoms with Gasteiger partial charge in [0.2, 0.25) is 0 Å². The summed E-state index contributed by atoms with van der Waals surface area (Å²) in [6.45, 7) is 5.82. The molecule has 28 heavy (non-hydrogen) atoms. The van der Waals surface area contributed by atoms with Crippen molar-refractivity contribution in [3.05, 3.63) is 70.2 Å². The van der Waals surface area contributed by atoms with Crippen molar-refractivity contribution >= 4 is 23.5 Å². The zero-order valence-electron chi connectivity index (χ0n) is 17.0. The Kier molecular flexibility index (Phi) is 7.88. The molecular weight excluding hydrogens is 372 g/mol. The first-order valence-corrected chi connectivity index (χ1v) is 9.75. The number of aliphatic imine (C=N–C) groups is 1. The summed E-state index contributed by atoms with van der Waals surface area (Å²) in [6, 6.07) is 15.6. The number of rotatable bonds is 7. The van der Waals surface area contributed by atoms with Crippen LogP contribution in [0.4, 0.5) is 0 Å². The molecule has 0 saturated carbocycles. The van der Waals surface area contributed by atoms with Gasteiger partial charge in [-0.2, -0.15) is 0 Å². The van der Waals surface area contributed by atoms with Crippen molar-refractivity contribution in [2.24, 2.45) is 4.99 Å². The second-order valence-electron chi connectivity index (χ2n) is 7.27. The van der Waals surface area contributed by atoms with Crippen LogP contribution in [0.15, 0.2) is 53.5 Å². The molecule has 0 aromatic heterocycles. The molecule has 2 aromatic rings. The molecule has 2 aromatic carbocycles. The van der Waals surface area contributed by atoms with Gasteiger partial charge < -0.3 is 16.0 Å². The molecule has 0 spiro atoms. The second kappa shape index (κ2) is 10.1. The number of hydrogen-bond donors (Lipinski definition) is 3. The first-order valence-electron chi connectivity index (χ1n) is 9.37. The lowest BCUT2D eigenvalue weighted by atomic mass is 9.85. The van der Waals surface area contributed by atoms with E-state index in [1.54, 1.807) is 14.1 Å². The van der Waals surface area contributed by atoms with E-state index in [9.17, 15) is 4.79 Å². The highest BCUT2D eigenvalue weighted by Gasteiger charge is 2.20. The van der Waals surface area contributed by atoms with Crippen molar-refractivity contribution in [3.8, 4) is 0 Å². The number of hydrogen-bond acceptors (Lipinski definition) is 2. The molecule has 0 aliphatic heterocycles. The van der Waals surface area contributed by atoms with E-state index in [4.69, 9.17) is 11.6 Å². The standard InChI is InChI=1S/C22H29ClN4O/c1-22(2,18-8-10-19(23)11-9-18)15-27-21(25-4)26-13-12-16-6-5-7-17(14-16)20(28)24-3/h5-11,14H,12-13,15H2,1-4H3,(H,24,28)(H2,25,26,27). The van der Waals surface area contributed by atoms with Gasteiger partial charge in [-0.15, -0.1) is 0 Å². The minimum atomic E-state index is -0.0725. The number of halogens is 1. The van der Waals surface area contributed by atoms with E-state index in [-0.39, 0.29) is 11.3 Å². The molecule has 1 amide bonds. The number of guanidine groups is 1. The summed E-state index contributed by atoms with van der Waals surface area (Å²) in [5.74, 6) is 0.682. The summed E-state index contributed by atoms with van der Waals surface area (Å²) in [4.78, 5) is 16.0. The van der Waals surface area contributed by atoms with Gasteiger partial charge >= 0.3 is 0 Å². The first kappa shape index (κ1) is 21.8. The third-order valence-electron chi connectivity index (χ3n) is 4.67. The fraction of sp³-hybridized carbons (Fsp3) is 0.364. The average Bonchev–Trinajstić information content (AvgIpc) is 2.70. The normalized spacial score (nSPS) is 11.8. The van der Waals surface area contributed by atoms with Gasteiger partial charge in [0.05, 0.1) is 0 Å². The molecule has 0 aliphatic carbocycles. The van der Waals surface area contributed by atoms with Crippen LogP contribution in [0.5, 0.6) is 0 Å². The summed E-state index contributed by atoms with van der Waals surface area (Å²) < 4.78 is 0. The SMILES string of the molecule is CN=C(NCCc1cccc(C(=O)NC)c1)NCC(C)(C)c1ccc(Cl)cc1. The van der Waals surface area contributed by atoms with Gasteiger partial charge in [0.1, 0.15) is 0 Å². The predicted octanol–water partition coefficient (Wildman–Crippen LogP) is 3.38. The fourth-order valence-corrected chi connectivity index (χ4v) is 2.99. The molecule has 0 aliphatic rings. The van der Waals surface area contributed by atoms with Crippen molar-refractivity contribution in [1.82, 2.24) is 16.0 Å². The van der Waals surface area contributed by atoms with Crippen LogP contribution in [-0.2, 0) is 11.8 Å². The van der Waals surface area contributed by atoms with Gasteiger partial charge in [-0.1, -0.05) is 49.7 Å². The van der Waals surface area contributed by atoms with Gasteiger partial charge in [0.25, 0.3) is 5.91 Å². The zero-order chi connectivity index (χ0) is 20.6. The van der Waals surface area contributed by atoms with Crippen molar-refractivity contribution in [2.75, 3.05) is 27.2 Å². The summed E-state index contributed by atoms with van der Waals surface area (Å²) >= 11 is 5.99. The van der Waals surface area contributed by atoms with Gasteiger partial charge in [0, 0.05) is 43.2 Å². The summed E-state index contributed by atoms with van der Waals surface area (Å²) in [7, 11) is 3.40. The van der Waals surface area contributed by atoms with Gasteiger partial charge in [-0.25, -0.2) is 0 Å². The van der Waals surface area contributed by atoms with Gasteiger partial charge in [-0.3, -0.25) is 9.79 Å². The molecule has 6 heteroatoms. The Morgan fingerprint density at radius 1 is 1.11 bits per heavy atom. The summed E-state index contributed by atoms with van der Waals surface area (Å²) in [5.41, 5.74) is 2.92. The maximum absolute atomic E-state index is 11.7. The first-order chi connectivity index (χ1) is 13.4. The number of nitrogens with zero attached hydrogens (tertiary/aromatic N) is 1. The Balaban J connectivity index is 1.86. The lowest BCUT2D eigenvalue weighted by Gasteiger charge is -2.27. The van der Waals surface area contributed by atoms with Crippen LogP contribution < -0.4 is 16.0 Å². The average molecular weight is 401 g/mol. The number of carbonyl (C=O) groups is 1. The van der Waals surface area contributed by atoms with Crippen molar-refractivity contribution < 1.29 is 4.79 Å². The van der Waals surface area contributed by atoms with Crippen LogP contribution in [0.25, 0.3) is 0 Å². The monoisotopic (exact) mass is 400 g/mol. The highest BCUT2D eigenvalue weighted by molar-refractivity contribution is 6.30. The lowest BCUT2D eigenvalue weighted by Crippen LogP contribution is -2.44. The molecule has 0 saturated heterocycles. The van der Waals surface area contributed by atoms with E-state index in [1.807, 2.05) is 36.4 Å². The van der Waals surface area contributed by atoms with Gasteiger partial charge in [0.15, 0.2) is 5.96 Å². The second-order valence-corrected chi connectivity index (χ2v) is 7.71. The quantitative estimate of drug-likeness (QED) is 0.493. The Labute approximate surface area is 172 Å². The van der Waals surface area contributed by atoms with Crippen LogP contribution >= 0.6 is 11.6 Å². The number of amides is 1. The molecule has 3 N–H and O–H groups in total.